The molecule has 4 nitrogen and oxygen atoms in total. The van der Waals surface area contributed by atoms with E-state index in [0.29, 0.717) is 6.04 Å². The van der Waals surface area contributed by atoms with Crippen LogP contribution >= 0.6 is 0 Å². The van der Waals surface area contributed by atoms with Gasteiger partial charge in [-0.25, -0.2) is 0 Å². The lowest BCUT2D eigenvalue weighted by Gasteiger charge is -2.21. The molecule has 4 heteroatoms. The van der Waals surface area contributed by atoms with E-state index in [0.717, 1.165) is 19.5 Å². The molecule has 0 aromatic carbocycles. The number of carbonyl (C=O) groups is 1. The maximum Gasteiger partial charge on any atom is 0.322 e. The molecule has 0 radical (unpaired) electrons. The normalized spacial score (nSPS) is 17.2. The Kier molecular flexibility index (Phi) is 6.52. The van der Waals surface area contributed by atoms with Gasteiger partial charge in [0.05, 0.1) is 7.11 Å². The van der Waals surface area contributed by atoms with Gasteiger partial charge in [0.1, 0.15) is 6.04 Å². The number of rotatable bonds is 9. The lowest BCUT2D eigenvalue weighted by atomic mass is 10.2. The van der Waals surface area contributed by atoms with Crippen molar-refractivity contribution in [3.63, 3.8) is 0 Å². The Balaban J connectivity index is 2.24. The molecule has 1 aliphatic carbocycles. The number of unbranched alkanes of at least 4 members (excludes halogenated alkanes) is 1. The zero-order valence-electron chi connectivity index (χ0n) is 11.4. The average molecular weight is 242 g/mol. The first-order chi connectivity index (χ1) is 8.17. The van der Waals surface area contributed by atoms with Gasteiger partial charge in [0, 0.05) is 6.04 Å². The molecule has 0 aromatic heterocycles. The minimum atomic E-state index is -0.128. The van der Waals surface area contributed by atoms with Gasteiger partial charge in [-0.2, -0.15) is 0 Å². The molecule has 17 heavy (non-hydrogen) atoms. The zero-order chi connectivity index (χ0) is 12.7. The monoisotopic (exact) mass is 242 g/mol. The molecule has 0 aromatic rings. The molecule has 1 rings (SSSR count). The van der Waals surface area contributed by atoms with Crippen molar-refractivity contribution >= 4 is 5.97 Å². The van der Waals surface area contributed by atoms with E-state index >= 15 is 0 Å². The molecule has 1 saturated carbocycles. The molecule has 1 N–H and O–H groups in total. The fourth-order valence-electron chi connectivity index (χ4n) is 1.84. The van der Waals surface area contributed by atoms with Crippen molar-refractivity contribution in [2.75, 3.05) is 27.2 Å². The number of nitrogens with one attached hydrogen (secondary N) is 1. The Bertz CT molecular complexity index is 229. The molecule has 0 spiro atoms. The smallest absolute Gasteiger partial charge is 0.322 e. The van der Waals surface area contributed by atoms with Crippen LogP contribution in [0.15, 0.2) is 0 Å². The molecule has 1 unspecified atom stereocenters. The van der Waals surface area contributed by atoms with Crippen molar-refractivity contribution in [1.29, 1.82) is 0 Å². The summed E-state index contributed by atoms with van der Waals surface area (Å²) < 4.78 is 4.83. The summed E-state index contributed by atoms with van der Waals surface area (Å²) in [6, 6.07) is 0.414. The van der Waals surface area contributed by atoms with E-state index in [-0.39, 0.29) is 12.0 Å². The fourth-order valence-corrected chi connectivity index (χ4v) is 1.84. The summed E-state index contributed by atoms with van der Waals surface area (Å²) in [5.41, 5.74) is 0. The Morgan fingerprint density at radius 1 is 1.47 bits per heavy atom. The van der Waals surface area contributed by atoms with Crippen molar-refractivity contribution in [3.8, 4) is 0 Å². The summed E-state index contributed by atoms with van der Waals surface area (Å²) in [6.07, 6.45) is 5.66. The highest BCUT2D eigenvalue weighted by Crippen LogP contribution is 2.20. The summed E-state index contributed by atoms with van der Waals surface area (Å²) >= 11 is 0. The second kappa shape index (κ2) is 7.67. The van der Waals surface area contributed by atoms with Gasteiger partial charge in [-0.15, -0.1) is 0 Å². The number of carbonyl (C=O) groups excluding carboxylic acids is 1. The van der Waals surface area contributed by atoms with Crippen molar-refractivity contribution in [2.24, 2.45) is 0 Å². The van der Waals surface area contributed by atoms with E-state index in [4.69, 9.17) is 4.74 Å². The summed E-state index contributed by atoms with van der Waals surface area (Å²) in [4.78, 5) is 13.9. The van der Waals surface area contributed by atoms with Crippen LogP contribution in [0.1, 0.15) is 39.0 Å². The third-order valence-corrected chi connectivity index (χ3v) is 3.19. The molecule has 0 amide bonds. The quantitative estimate of drug-likeness (QED) is 0.621. The van der Waals surface area contributed by atoms with E-state index in [2.05, 4.69) is 24.2 Å². The molecule has 1 atom stereocenters. The maximum atomic E-state index is 11.6. The Hall–Kier alpha value is -0.610. The van der Waals surface area contributed by atoms with Gasteiger partial charge in [0.25, 0.3) is 0 Å². The van der Waals surface area contributed by atoms with Gasteiger partial charge in [-0.1, -0.05) is 13.3 Å². The third-order valence-electron chi connectivity index (χ3n) is 3.19. The SMILES string of the molecule is CCCCN(C)CCC(NC1CC1)C(=O)OC. The molecule has 0 heterocycles. The second-order valence-electron chi connectivity index (χ2n) is 4.96. The zero-order valence-corrected chi connectivity index (χ0v) is 11.4. The first-order valence-corrected chi connectivity index (χ1v) is 6.69. The van der Waals surface area contributed by atoms with E-state index in [1.54, 1.807) is 0 Å². The number of methoxy groups -OCH3 is 1. The number of esters is 1. The average Bonchev–Trinajstić information content (AvgIpc) is 3.14. The predicted molar refractivity (Wildman–Crippen MR) is 69.0 cm³/mol. The first kappa shape index (κ1) is 14.5. The van der Waals surface area contributed by atoms with Crippen LogP contribution in [0.4, 0.5) is 0 Å². The van der Waals surface area contributed by atoms with Crippen LogP contribution in [0.25, 0.3) is 0 Å². The third kappa shape index (κ3) is 6.03. The highest BCUT2D eigenvalue weighted by Gasteiger charge is 2.28. The standard InChI is InChI=1S/C13H26N2O2/c1-4-5-9-15(2)10-8-12(13(16)17-3)14-11-6-7-11/h11-12,14H,4-10H2,1-3H3. The van der Waals surface area contributed by atoms with E-state index < -0.39 is 0 Å². The van der Waals surface area contributed by atoms with Crippen molar-refractivity contribution in [1.82, 2.24) is 10.2 Å². The highest BCUT2D eigenvalue weighted by atomic mass is 16.5. The van der Waals surface area contributed by atoms with Gasteiger partial charge in [0.15, 0.2) is 0 Å². The molecule has 0 saturated heterocycles. The number of hydrogen-bond donors (Lipinski definition) is 1. The van der Waals surface area contributed by atoms with Gasteiger partial charge < -0.3 is 15.0 Å². The summed E-state index contributed by atoms with van der Waals surface area (Å²) in [5.74, 6) is -0.124. The Labute approximate surface area is 105 Å². The number of hydrogen-bond acceptors (Lipinski definition) is 4. The predicted octanol–water partition coefficient (Wildman–Crippen LogP) is 1.40. The van der Waals surface area contributed by atoms with E-state index in [1.807, 2.05) is 0 Å². The fraction of sp³-hybridized carbons (Fsp3) is 0.923. The lowest BCUT2D eigenvalue weighted by molar-refractivity contribution is -0.143. The van der Waals surface area contributed by atoms with Gasteiger partial charge in [-0.05, 0) is 45.8 Å². The summed E-state index contributed by atoms with van der Waals surface area (Å²) in [7, 11) is 3.58. The largest absolute Gasteiger partial charge is 0.468 e. The molecule has 1 fully saturated rings. The molecular formula is C13H26N2O2. The molecule has 0 aliphatic heterocycles. The van der Waals surface area contributed by atoms with Crippen LogP contribution in [0, 0.1) is 0 Å². The van der Waals surface area contributed by atoms with E-state index in [1.165, 1.54) is 32.8 Å². The lowest BCUT2D eigenvalue weighted by Crippen LogP contribution is -2.41. The van der Waals surface area contributed by atoms with Crippen LogP contribution in [0.3, 0.4) is 0 Å². The van der Waals surface area contributed by atoms with Crippen LogP contribution in [-0.2, 0) is 9.53 Å². The van der Waals surface area contributed by atoms with E-state index in [9.17, 15) is 4.79 Å². The van der Waals surface area contributed by atoms with Crippen molar-refractivity contribution in [3.05, 3.63) is 0 Å². The summed E-state index contributed by atoms with van der Waals surface area (Å²) in [5, 5.41) is 3.35. The molecule has 1 aliphatic rings. The second-order valence-corrected chi connectivity index (χ2v) is 4.96. The minimum absolute atomic E-state index is 0.124. The van der Waals surface area contributed by atoms with Crippen LogP contribution in [-0.4, -0.2) is 50.2 Å². The molecular weight excluding hydrogens is 216 g/mol. The summed E-state index contributed by atoms with van der Waals surface area (Å²) in [6.45, 7) is 4.24. The van der Waals surface area contributed by atoms with Crippen molar-refractivity contribution in [2.45, 2.75) is 51.1 Å². The van der Waals surface area contributed by atoms with Crippen LogP contribution in [0.5, 0.6) is 0 Å². The number of ether oxygens (including phenoxy) is 1. The molecule has 100 valence electrons. The maximum absolute atomic E-state index is 11.6. The Morgan fingerprint density at radius 3 is 2.71 bits per heavy atom. The van der Waals surface area contributed by atoms with Crippen LogP contribution < -0.4 is 5.32 Å². The number of nitrogens with zero attached hydrogens (tertiary/aromatic N) is 1. The Morgan fingerprint density at radius 2 is 2.18 bits per heavy atom. The molecule has 0 bridgehead atoms. The highest BCUT2D eigenvalue weighted by molar-refractivity contribution is 5.75. The van der Waals surface area contributed by atoms with Gasteiger partial charge in [0.2, 0.25) is 0 Å². The minimum Gasteiger partial charge on any atom is -0.468 e. The topological polar surface area (TPSA) is 41.6 Å². The van der Waals surface area contributed by atoms with Crippen LogP contribution in [0.2, 0.25) is 0 Å². The first-order valence-electron chi connectivity index (χ1n) is 6.69. The van der Waals surface area contributed by atoms with Crippen molar-refractivity contribution < 1.29 is 9.53 Å². The van der Waals surface area contributed by atoms with Gasteiger partial charge >= 0.3 is 5.97 Å². The van der Waals surface area contributed by atoms with Gasteiger partial charge in [-0.3, -0.25) is 4.79 Å².